The van der Waals surface area contributed by atoms with Gasteiger partial charge in [0.2, 0.25) is 5.91 Å². The number of hydrogen-bond donors (Lipinski definition) is 1. The number of carbonyl (C=O) groups is 1. The molecule has 0 aliphatic carbocycles. The van der Waals surface area contributed by atoms with Crippen molar-refractivity contribution in [3.8, 4) is 0 Å². The van der Waals surface area contributed by atoms with Gasteiger partial charge in [-0.25, -0.2) is 0 Å². The van der Waals surface area contributed by atoms with E-state index in [1.165, 1.54) is 24.3 Å². The summed E-state index contributed by atoms with van der Waals surface area (Å²) >= 11 is 2.04. The lowest BCUT2D eigenvalue weighted by Gasteiger charge is -2.26. The van der Waals surface area contributed by atoms with Crippen LogP contribution in [0.25, 0.3) is 0 Å². The van der Waals surface area contributed by atoms with Crippen LogP contribution in [-0.4, -0.2) is 41.6 Å². The summed E-state index contributed by atoms with van der Waals surface area (Å²) in [6.07, 6.45) is 2.56. The summed E-state index contributed by atoms with van der Waals surface area (Å²) in [5.74, 6) is 3.57. The summed E-state index contributed by atoms with van der Waals surface area (Å²) in [6.45, 7) is 3.67. The van der Waals surface area contributed by atoms with Gasteiger partial charge in [-0.15, -0.1) is 0 Å². The van der Waals surface area contributed by atoms with Crippen molar-refractivity contribution in [1.82, 2.24) is 10.2 Å². The molecule has 2 rings (SSSR count). The molecular weight excluding hydrogens is 196 g/mol. The van der Waals surface area contributed by atoms with Crippen molar-refractivity contribution in [3.05, 3.63) is 0 Å². The van der Waals surface area contributed by atoms with E-state index in [-0.39, 0.29) is 11.9 Å². The van der Waals surface area contributed by atoms with Crippen molar-refractivity contribution in [1.29, 1.82) is 0 Å². The van der Waals surface area contributed by atoms with Crippen molar-refractivity contribution in [2.45, 2.75) is 25.8 Å². The third-order valence-electron chi connectivity index (χ3n) is 3.09. The summed E-state index contributed by atoms with van der Waals surface area (Å²) in [5, 5.41) is 3.18. The first-order valence-electron chi connectivity index (χ1n) is 5.37. The molecular formula is C10H18N2OS. The van der Waals surface area contributed by atoms with Crippen LogP contribution in [0.1, 0.15) is 19.8 Å². The molecule has 2 aliphatic rings. The Morgan fingerprint density at radius 3 is 2.79 bits per heavy atom. The van der Waals surface area contributed by atoms with Crippen molar-refractivity contribution >= 4 is 17.7 Å². The van der Waals surface area contributed by atoms with Crippen LogP contribution in [0, 0.1) is 5.92 Å². The first-order valence-corrected chi connectivity index (χ1v) is 6.53. The fourth-order valence-electron chi connectivity index (χ4n) is 2.08. The van der Waals surface area contributed by atoms with Gasteiger partial charge in [-0.2, -0.15) is 11.8 Å². The molecule has 0 spiro atoms. The minimum absolute atomic E-state index is 0.0352. The number of nitrogens with one attached hydrogen (secondary N) is 1. The van der Waals surface area contributed by atoms with Gasteiger partial charge in [0.1, 0.15) is 0 Å². The SMILES string of the molecule is CC1NCN(CC2CCSCC2)C1=O. The Bertz CT molecular complexity index is 216. The molecule has 0 aromatic rings. The smallest absolute Gasteiger partial charge is 0.240 e. The standard InChI is InChI=1S/C10H18N2OS/c1-8-10(13)12(7-11-8)6-9-2-4-14-5-3-9/h8-9,11H,2-7H2,1H3. The van der Waals surface area contributed by atoms with E-state index in [9.17, 15) is 4.79 Å². The van der Waals surface area contributed by atoms with Gasteiger partial charge in [-0.1, -0.05) is 0 Å². The molecule has 80 valence electrons. The van der Waals surface area contributed by atoms with Gasteiger partial charge in [0, 0.05) is 6.54 Å². The molecule has 0 saturated carbocycles. The molecule has 0 aromatic carbocycles. The highest BCUT2D eigenvalue weighted by Crippen LogP contribution is 2.24. The molecule has 0 bridgehead atoms. The van der Waals surface area contributed by atoms with Gasteiger partial charge in [0.15, 0.2) is 0 Å². The highest BCUT2D eigenvalue weighted by Gasteiger charge is 2.29. The summed E-state index contributed by atoms with van der Waals surface area (Å²) < 4.78 is 0. The quantitative estimate of drug-likeness (QED) is 0.741. The Balaban J connectivity index is 1.82. The number of thioether (sulfide) groups is 1. The molecule has 0 aromatic heterocycles. The second-order valence-electron chi connectivity index (χ2n) is 4.20. The van der Waals surface area contributed by atoms with E-state index >= 15 is 0 Å². The molecule has 1 atom stereocenters. The van der Waals surface area contributed by atoms with Crippen LogP contribution >= 0.6 is 11.8 Å². The highest BCUT2D eigenvalue weighted by atomic mass is 32.2. The molecule has 1 amide bonds. The van der Waals surface area contributed by atoms with E-state index in [1.54, 1.807) is 0 Å². The molecule has 3 nitrogen and oxygen atoms in total. The Kier molecular flexibility index (Phi) is 3.34. The number of hydrogen-bond acceptors (Lipinski definition) is 3. The maximum atomic E-state index is 11.6. The zero-order chi connectivity index (χ0) is 9.97. The van der Waals surface area contributed by atoms with Crippen LogP contribution < -0.4 is 5.32 Å². The van der Waals surface area contributed by atoms with E-state index in [1.807, 2.05) is 23.6 Å². The fraction of sp³-hybridized carbons (Fsp3) is 0.900. The van der Waals surface area contributed by atoms with E-state index in [0.29, 0.717) is 0 Å². The normalized spacial score (nSPS) is 29.9. The predicted octanol–water partition coefficient (Wildman–Crippen LogP) is 0.907. The Morgan fingerprint density at radius 2 is 2.21 bits per heavy atom. The minimum atomic E-state index is 0.0352. The fourth-order valence-corrected chi connectivity index (χ4v) is 3.29. The molecule has 1 N–H and O–H groups in total. The molecule has 2 aliphatic heterocycles. The third kappa shape index (κ3) is 2.23. The van der Waals surface area contributed by atoms with Crippen molar-refractivity contribution in [2.24, 2.45) is 5.92 Å². The summed E-state index contributed by atoms with van der Waals surface area (Å²) in [6, 6.07) is 0.0352. The Labute approximate surface area is 89.6 Å². The lowest BCUT2D eigenvalue weighted by molar-refractivity contribution is -0.129. The van der Waals surface area contributed by atoms with Crippen LogP contribution in [-0.2, 0) is 4.79 Å². The second kappa shape index (κ2) is 4.53. The van der Waals surface area contributed by atoms with E-state index in [0.717, 1.165) is 19.1 Å². The van der Waals surface area contributed by atoms with E-state index in [2.05, 4.69) is 5.32 Å². The van der Waals surface area contributed by atoms with Gasteiger partial charge >= 0.3 is 0 Å². The molecule has 2 saturated heterocycles. The summed E-state index contributed by atoms with van der Waals surface area (Å²) in [7, 11) is 0. The number of rotatable bonds is 2. The van der Waals surface area contributed by atoms with Gasteiger partial charge in [0.05, 0.1) is 12.7 Å². The van der Waals surface area contributed by atoms with Crippen molar-refractivity contribution in [2.75, 3.05) is 24.7 Å². The van der Waals surface area contributed by atoms with E-state index in [4.69, 9.17) is 0 Å². The maximum Gasteiger partial charge on any atom is 0.240 e. The van der Waals surface area contributed by atoms with Crippen molar-refractivity contribution in [3.63, 3.8) is 0 Å². The van der Waals surface area contributed by atoms with Crippen LogP contribution in [0.4, 0.5) is 0 Å². The maximum absolute atomic E-state index is 11.6. The van der Waals surface area contributed by atoms with Crippen LogP contribution in [0.2, 0.25) is 0 Å². The zero-order valence-electron chi connectivity index (χ0n) is 8.66. The second-order valence-corrected chi connectivity index (χ2v) is 5.43. The van der Waals surface area contributed by atoms with Crippen LogP contribution in [0.5, 0.6) is 0 Å². The average Bonchev–Trinajstić information content (AvgIpc) is 2.52. The molecule has 4 heteroatoms. The van der Waals surface area contributed by atoms with Crippen molar-refractivity contribution < 1.29 is 4.79 Å². The van der Waals surface area contributed by atoms with Gasteiger partial charge in [-0.05, 0) is 37.2 Å². The predicted molar refractivity (Wildman–Crippen MR) is 59.2 cm³/mol. The number of nitrogens with zero attached hydrogens (tertiary/aromatic N) is 1. The largest absolute Gasteiger partial charge is 0.328 e. The van der Waals surface area contributed by atoms with E-state index < -0.39 is 0 Å². The van der Waals surface area contributed by atoms with Gasteiger partial charge in [0.25, 0.3) is 0 Å². The lowest BCUT2D eigenvalue weighted by Crippen LogP contribution is -2.34. The number of carbonyl (C=O) groups excluding carboxylic acids is 1. The average molecular weight is 214 g/mol. The lowest BCUT2D eigenvalue weighted by atomic mass is 10.0. The van der Waals surface area contributed by atoms with Crippen LogP contribution in [0.3, 0.4) is 0 Å². The van der Waals surface area contributed by atoms with Gasteiger partial charge < -0.3 is 4.90 Å². The molecule has 2 heterocycles. The highest BCUT2D eigenvalue weighted by molar-refractivity contribution is 7.99. The first-order chi connectivity index (χ1) is 6.77. The molecule has 0 radical (unpaired) electrons. The minimum Gasteiger partial charge on any atom is -0.328 e. The Morgan fingerprint density at radius 1 is 1.50 bits per heavy atom. The van der Waals surface area contributed by atoms with Gasteiger partial charge in [-0.3, -0.25) is 10.1 Å². The monoisotopic (exact) mass is 214 g/mol. The summed E-state index contributed by atoms with van der Waals surface area (Å²) in [5.41, 5.74) is 0. The zero-order valence-corrected chi connectivity index (χ0v) is 9.48. The first kappa shape index (κ1) is 10.3. The third-order valence-corrected chi connectivity index (χ3v) is 4.14. The molecule has 2 fully saturated rings. The summed E-state index contributed by atoms with van der Waals surface area (Å²) in [4.78, 5) is 13.6. The van der Waals surface area contributed by atoms with Crippen LogP contribution in [0.15, 0.2) is 0 Å². The molecule has 1 unspecified atom stereocenters. The Hall–Kier alpha value is -0.220. The topological polar surface area (TPSA) is 32.3 Å². The number of amides is 1. The molecule has 14 heavy (non-hydrogen) atoms.